The molecule has 2 aromatic carbocycles. The Kier molecular flexibility index (Phi) is 6.05. The average molecular weight is 469 g/mol. The second-order valence-corrected chi connectivity index (χ2v) is 10.0. The quantitative estimate of drug-likeness (QED) is 0.513. The second-order valence-electron chi connectivity index (χ2n) is 9.02. The molecule has 2 fully saturated rings. The molecular formula is C24H28N4O4S. The van der Waals surface area contributed by atoms with Gasteiger partial charge in [0.05, 0.1) is 17.3 Å². The molecule has 0 bridgehead atoms. The summed E-state index contributed by atoms with van der Waals surface area (Å²) in [4.78, 5) is 43.4. The molecule has 5 rings (SSSR count). The molecule has 2 N–H and O–H groups in total. The Morgan fingerprint density at radius 3 is 2.64 bits per heavy atom. The number of aromatic nitrogens is 1. The van der Waals surface area contributed by atoms with Crippen molar-refractivity contribution in [2.24, 2.45) is 11.8 Å². The van der Waals surface area contributed by atoms with E-state index in [4.69, 9.17) is 4.74 Å². The molecule has 1 saturated heterocycles. The van der Waals surface area contributed by atoms with E-state index in [2.05, 4.69) is 15.6 Å². The molecule has 0 radical (unpaired) electrons. The van der Waals surface area contributed by atoms with Crippen LogP contribution in [0.5, 0.6) is 5.75 Å². The molecule has 3 aromatic rings. The average Bonchev–Trinajstić information content (AvgIpc) is 3.50. The summed E-state index contributed by atoms with van der Waals surface area (Å²) in [6.07, 6.45) is 5.57. The second kappa shape index (κ2) is 9.13. The van der Waals surface area contributed by atoms with Crippen LogP contribution < -0.4 is 31.1 Å². The minimum absolute atomic E-state index is 0.0197. The van der Waals surface area contributed by atoms with Gasteiger partial charge in [-0.1, -0.05) is 11.3 Å². The van der Waals surface area contributed by atoms with Crippen molar-refractivity contribution in [3.05, 3.63) is 38.6 Å². The lowest BCUT2D eigenvalue weighted by Gasteiger charge is -2.29. The van der Waals surface area contributed by atoms with Crippen LogP contribution in [0.3, 0.4) is 0 Å². The van der Waals surface area contributed by atoms with Gasteiger partial charge < -0.3 is 20.3 Å². The van der Waals surface area contributed by atoms with Crippen molar-refractivity contribution in [1.82, 2.24) is 4.98 Å². The molecule has 1 amide bonds. The van der Waals surface area contributed by atoms with E-state index >= 15 is 0 Å². The maximum absolute atomic E-state index is 12.8. The molecule has 1 aromatic heterocycles. The Hall–Kier alpha value is -2.94. The van der Waals surface area contributed by atoms with Gasteiger partial charge >= 0.3 is 0 Å². The molecule has 2 heterocycles. The predicted molar refractivity (Wildman–Crippen MR) is 132 cm³/mol. The van der Waals surface area contributed by atoms with Gasteiger partial charge in [-0.05, 0) is 62.6 Å². The number of nitrogens with zero attached hydrogens (tertiary/aromatic N) is 2. The Bertz CT molecular complexity index is 1230. The van der Waals surface area contributed by atoms with Crippen LogP contribution in [0.4, 0.5) is 16.5 Å². The van der Waals surface area contributed by atoms with Gasteiger partial charge in [-0.25, -0.2) is 4.98 Å². The van der Waals surface area contributed by atoms with E-state index in [9.17, 15) is 14.4 Å². The first-order valence-electron chi connectivity index (χ1n) is 11.6. The molecule has 0 atom stereocenters. The summed E-state index contributed by atoms with van der Waals surface area (Å²) in [6.45, 7) is 2.36. The largest absolute Gasteiger partial charge is 0.497 e. The number of benzene rings is 1. The van der Waals surface area contributed by atoms with Gasteiger partial charge in [-0.3, -0.25) is 14.4 Å². The van der Waals surface area contributed by atoms with Crippen molar-refractivity contribution >= 4 is 44.0 Å². The number of amides is 1. The van der Waals surface area contributed by atoms with Crippen LogP contribution in [0.1, 0.15) is 38.5 Å². The first-order chi connectivity index (χ1) is 16.0. The number of fused-ring (bicyclic) bond motifs is 1. The minimum Gasteiger partial charge on any atom is -0.497 e. The summed E-state index contributed by atoms with van der Waals surface area (Å²) in [6, 6.07) is 5.68. The van der Waals surface area contributed by atoms with Gasteiger partial charge in [-0.2, -0.15) is 0 Å². The summed E-state index contributed by atoms with van der Waals surface area (Å²) in [5.74, 6) is 1.15. The minimum atomic E-state index is -0.390. The highest BCUT2D eigenvalue weighted by Gasteiger charge is 2.30. The molecule has 1 aliphatic heterocycles. The lowest BCUT2D eigenvalue weighted by atomic mass is 9.81. The Morgan fingerprint density at radius 2 is 1.91 bits per heavy atom. The number of carbonyl (C=O) groups is 1. The van der Waals surface area contributed by atoms with E-state index in [1.54, 1.807) is 7.11 Å². The Balaban J connectivity index is 1.12. The van der Waals surface area contributed by atoms with Crippen LogP contribution >= 0.6 is 11.3 Å². The fourth-order valence-corrected chi connectivity index (χ4v) is 5.85. The highest BCUT2D eigenvalue weighted by molar-refractivity contribution is 7.22. The number of rotatable bonds is 7. The maximum atomic E-state index is 12.8. The predicted octanol–water partition coefficient (Wildman–Crippen LogP) is 3.36. The number of thiazole rings is 1. The van der Waals surface area contributed by atoms with Crippen LogP contribution in [-0.4, -0.2) is 37.6 Å². The number of methoxy groups -OCH3 is 1. The zero-order chi connectivity index (χ0) is 22.9. The third-order valence-electron chi connectivity index (χ3n) is 6.92. The number of hydrogen-bond donors (Lipinski definition) is 2. The fourth-order valence-electron chi connectivity index (χ4n) is 4.95. The molecule has 33 heavy (non-hydrogen) atoms. The van der Waals surface area contributed by atoms with Crippen LogP contribution in [0.15, 0.2) is 27.8 Å². The summed E-state index contributed by atoms with van der Waals surface area (Å²) in [5, 5.41) is 6.85. The van der Waals surface area contributed by atoms with Gasteiger partial charge in [-0.15, -0.1) is 0 Å². The molecule has 0 unspecified atom stereocenters. The van der Waals surface area contributed by atoms with Crippen molar-refractivity contribution in [3.8, 4) is 5.75 Å². The number of carbonyl (C=O) groups excluding carboxylic acids is 1. The van der Waals surface area contributed by atoms with Crippen LogP contribution in [0.2, 0.25) is 0 Å². The third-order valence-corrected chi connectivity index (χ3v) is 7.85. The molecule has 174 valence electrons. The highest BCUT2D eigenvalue weighted by atomic mass is 32.1. The first kappa shape index (κ1) is 21.9. The monoisotopic (exact) mass is 468 g/mol. The van der Waals surface area contributed by atoms with E-state index in [1.807, 2.05) is 23.1 Å². The van der Waals surface area contributed by atoms with E-state index in [0.717, 1.165) is 67.6 Å². The molecule has 1 aliphatic carbocycles. The maximum Gasteiger partial charge on any atom is 0.253 e. The number of hydrogen-bond acceptors (Lipinski definition) is 8. The zero-order valence-electron chi connectivity index (χ0n) is 18.7. The van der Waals surface area contributed by atoms with Gasteiger partial charge in [0, 0.05) is 25.6 Å². The summed E-state index contributed by atoms with van der Waals surface area (Å²) < 4.78 is 6.23. The smallest absolute Gasteiger partial charge is 0.253 e. The lowest BCUT2D eigenvalue weighted by molar-refractivity contribution is -0.121. The van der Waals surface area contributed by atoms with E-state index < -0.39 is 5.43 Å². The van der Waals surface area contributed by atoms with Crippen molar-refractivity contribution < 1.29 is 9.53 Å². The van der Waals surface area contributed by atoms with Gasteiger partial charge in [0.15, 0.2) is 5.13 Å². The number of nitrogens with one attached hydrogen (secondary N) is 2. The van der Waals surface area contributed by atoms with Crippen molar-refractivity contribution in [2.45, 2.75) is 38.5 Å². The highest BCUT2D eigenvalue weighted by Crippen LogP contribution is 2.33. The Labute approximate surface area is 195 Å². The third kappa shape index (κ3) is 4.34. The SMILES string of the molecule is COc1ccc2nc(NC(=O)C3CCC(CNc4c(N5CCCC5)c(=O)c4=O)CC3)sc2c1. The summed E-state index contributed by atoms with van der Waals surface area (Å²) in [7, 11) is 1.63. The number of anilines is 3. The van der Waals surface area contributed by atoms with Crippen LogP contribution in [0.25, 0.3) is 10.2 Å². The van der Waals surface area contributed by atoms with Crippen molar-refractivity contribution in [3.63, 3.8) is 0 Å². The van der Waals surface area contributed by atoms with E-state index in [0.29, 0.717) is 29.0 Å². The molecule has 2 aliphatic rings. The fraction of sp³-hybridized carbons (Fsp3) is 0.500. The van der Waals surface area contributed by atoms with Crippen molar-refractivity contribution in [2.75, 3.05) is 42.3 Å². The number of ether oxygens (including phenoxy) is 1. The normalized spacial score (nSPS) is 20.9. The molecular weight excluding hydrogens is 440 g/mol. The van der Waals surface area contributed by atoms with E-state index in [1.165, 1.54) is 11.3 Å². The summed E-state index contributed by atoms with van der Waals surface area (Å²) in [5.41, 5.74) is 1.18. The molecule has 0 spiro atoms. The van der Waals surface area contributed by atoms with Gasteiger partial charge in [0.25, 0.3) is 10.9 Å². The van der Waals surface area contributed by atoms with Crippen LogP contribution in [-0.2, 0) is 4.79 Å². The van der Waals surface area contributed by atoms with Gasteiger partial charge in [0.2, 0.25) is 5.91 Å². The van der Waals surface area contributed by atoms with E-state index in [-0.39, 0.29) is 17.3 Å². The molecule has 1 saturated carbocycles. The standard InChI is InChI=1S/C24H28N4O4S/c1-32-16-8-9-17-18(12-16)33-24(26-17)27-23(31)15-6-4-14(5-7-15)13-25-19-20(22(30)21(19)29)28-10-2-3-11-28/h8-9,12,14-15,25H,2-7,10-11,13H2,1H3,(H,26,27,31). The van der Waals surface area contributed by atoms with Gasteiger partial charge in [0.1, 0.15) is 17.1 Å². The van der Waals surface area contributed by atoms with Crippen molar-refractivity contribution in [1.29, 1.82) is 0 Å². The Morgan fingerprint density at radius 1 is 1.15 bits per heavy atom. The van der Waals surface area contributed by atoms with Crippen LogP contribution in [0, 0.1) is 11.8 Å². The lowest BCUT2D eigenvalue weighted by Crippen LogP contribution is -2.42. The molecule has 9 heteroatoms. The zero-order valence-corrected chi connectivity index (χ0v) is 19.5. The first-order valence-corrected chi connectivity index (χ1v) is 12.4. The summed E-state index contributed by atoms with van der Waals surface area (Å²) >= 11 is 1.45. The topological polar surface area (TPSA) is 101 Å². The molecule has 8 nitrogen and oxygen atoms in total.